The first kappa shape index (κ1) is 12.1. The van der Waals surface area contributed by atoms with Crippen LogP contribution >= 0.6 is 0 Å². The molecule has 6 heteroatoms. The van der Waals surface area contributed by atoms with Crippen LogP contribution in [-0.4, -0.2) is 44.3 Å². The predicted molar refractivity (Wildman–Crippen MR) is 76.8 cm³/mol. The maximum atomic E-state index is 4.58. The van der Waals surface area contributed by atoms with Gasteiger partial charge in [-0.05, 0) is 32.6 Å². The van der Waals surface area contributed by atoms with E-state index in [4.69, 9.17) is 0 Å². The van der Waals surface area contributed by atoms with Gasteiger partial charge in [-0.1, -0.05) is 0 Å². The summed E-state index contributed by atoms with van der Waals surface area (Å²) in [7, 11) is 0. The second kappa shape index (κ2) is 4.70. The van der Waals surface area contributed by atoms with E-state index in [1.54, 1.807) is 6.33 Å². The van der Waals surface area contributed by atoms with Crippen molar-refractivity contribution in [3.8, 4) is 0 Å². The summed E-state index contributed by atoms with van der Waals surface area (Å²) >= 11 is 0. The van der Waals surface area contributed by atoms with Crippen molar-refractivity contribution < 1.29 is 0 Å². The molecule has 2 unspecified atom stereocenters. The lowest BCUT2D eigenvalue weighted by molar-refractivity contribution is 0.348. The van der Waals surface area contributed by atoms with Gasteiger partial charge in [0.15, 0.2) is 5.82 Å². The molecule has 0 spiro atoms. The van der Waals surface area contributed by atoms with Gasteiger partial charge < -0.3 is 10.2 Å². The minimum atomic E-state index is 0.564. The van der Waals surface area contributed by atoms with Gasteiger partial charge in [0.2, 0.25) is 5.65 Å². The van der Waals surface area contributed by atoms with Gasteiger partial charge >= 0.3 is 0 Å². The van der Waals surface area contributed by atoms with Crippen LogP contribution in [0.2, 0.25) is 0 Å². The molecule has 2 aliphatic rings. The summed E-state index contributed by atoms with van der Waals surface area (Å²) in [6.45, 7) is 3.16. The molecule has 2 saturated heterocycles. The highest BCUT2D eigenvalue weighted by Crippen LogP contribution is 2.32. The summed E-state index contributed by atoms with van der Waals surface area (Å²) in [5.41, 5.74) is 0.861. The zero-order chi connectivity index (χ0) is 13.5. The third-order valence-corrected chi connectivity index (χ3v) is 4.70. The maximum absolute atomic E-state index is 4.58. The van der Waals surface area contributed by atoms with Gasteiger partial charge in [-0.15, -0.1) is 10.2 Å². The minimum absolute atomic E-state index is 0.564. The summed E-state index contributed by atoms with van der Waals surface area (Å²) < 4.78 is 1.95. The van der Waals surface area contributed by atoms with E-state index in [-0.39, 0.29) is 0 Å². The molecular weight excluding hydrogens is 252 g/mol. The van der Waals surface area contributed by atoms with Gasteiger partial charge in [-0.25, -0.2) is 4.98 Å². The molecule has 4 rings (SSSR count). The van der Waals surface area contributed by atoms with Gasteiger partial charge in [-0.3, -0.25) is 4.40 Å². The van der Waals surface area contributed by atoms with Crippen LogP contribution in [0.4, 0.5) is 5.82 Å². The number of nitrogens with one attached hydrogen (secondary N) is 1. The third-order valence-electron chi connectivity index (χ3n) is 4.70. The first-order chi connectivity index (χ1) is 9.85. The minimum Gasteiger partial charge on any atom is -0.351 e. The number of aromatic nitrogens is 4. The van der Waals surface area contributed by atoms with Crippen LogP contribution in [0.25, 0.3) is 5.65 Å². The molecule has 20 heavy (non-hydrogen) atoms. The zero-order valence-corrected chi connectivity index (χ0v) is 11.7. The molecule has 0 saturated carbocycles. The normalized spacial score (nSPS) is 28.9. The second-order valence-corrected chi connectivity index (χ2v) is 5.86. The van der Waals surface area contributed by atoms with Crippen molar-refractivity contribution in [3.05, 3.63) is 18.7 Å². The molecule has 2 aromatic heterocycles. The summed E-state index contributed by atoms with van der Waals surface area (Å²) in [5.74, 6) is 0.971. The highest BCUT2D eigenvalue weighted by molar-refractivity contribution is 5.63. The van der Waals surface area contributed by atoms with Crippen molar-refractivity contribution in [1.82, 2.24) is 24.9 Å². The Morgan fingerprint density at radius 1 is 1.35 bits per heavy atom. The Morgan fingerprint density at radius 2 is 2.15 bits per heavy atom. The predicted octanol–water partition coefficient (Wildman–Crippen LogP) is 1.23. The van der Waals surface area contributed by atoms with Gasteiger partial charge in [0, 0.05) is 37.1 Å². The van der Waals surface area contributed by atoms with Gasteiger partial charge in [0.1, 0.15) is 6.33 Å². The molecular formula is C14H20N6. The molecule has 4 heterocycles. The van der Waals surface area contributed by atoms with E-state index < -0.39 is 0 Å². The Hall–Kier alpha value is -1.69. The Kier molecular flexibility index (Phi) is 2.84. The van der Waals surface area contributed by atoms with Crippen LogP contribution in [0.15, 0.2) is 18.7 Å². The molecule has 0 radical (unpaired) electrons. The Labute approximate surface area is 118 Å². The van der Waals surface area contributed by atoms with E-state index in [1.165, 1.54) is 25.7 Å². The van der Waals surface area contributed by atoms with Crippen molar-refractivity contribution in [2.75, 3.05) is 11.4 Å². The van der Waals surface area contributed by atoms with Crippen LogP contribution in [0.3, 0.4) is 0 Å². The molecule has 2 aromatic rings. The molecule has 2 bridgehead atoms. The first-order valence-corrected chi connectivity index (χ1v) is 7.52. The highest BCUT2D eigenvalue weighted by atomic mass is 15.3. The van der Waals surface area contributed by atoms with Crippen LogP contribution in [0.5, 0.6) is 0 Å². The molecule has 2 aliphatic heterocycles. The molecule has 106 valence electrons. The smallest absolute Gasteiger partial charge is 0.203 e. The average Bonchev–Trinajstić information content (AvgIpc) is 3.07. The Morgan fingerprint density at radius 3 is 2.90 bits per heavy atom. The van der Waals surface area contributed by atoms with Crippen LogP contribution in [0.1, 0.15) is 32.6 Å². The molecule has 1 N–H and O–H groups in total. The van der Waals surface area contributed by atoms with E-state index in [9.17, 15) is 0 Å². The summed E-state index contributed by atoms with van der Waals surface area (Å²) in [6.07, 6.45) is 10.5. The van der Waals surface area contributed by atoms with Crippen molar-refractivity contribution in [2.24, 2.45) is 0 Å². The monoisotopic (exact) mass is 272 g/mol. The van der Waals surface area contributed by atoms with E-state index >= 15 is 0 Å². The van der Waals surface area contributed by atoms with Crippen molar-refractivity contribution in [2.45, 2.75) is 50.7 Å². The fourth-order valence-corrected chi connectivity index (χ4v) is 3.81. The summed E-state index contributed by atoms with van der Waals surface area (Å²) in [4.78, 5) is 6.99. The Balaban J connectivity index is 1.69. The van der Waals surface area contributed by atoms with E-state index in [1.807, 2.05) is 16.8 Å². The van der Waals surface area contributed by atoms with Crippen molar-refractivity contribution in [3.63, 3.8) is 0 Å². The molecule has 2 fully saturated rings. The molecule has 0 amide bonds. The quantitative estimate of drug-likeness (QED) is 0.911. The van der Waals surface area contributed by atoms with Gasteiger partial charge in [0.05, 0.1) is 0 Å². The largest absolute Gasteiger partial charge is 0.351 e. The molecule has 6 nitrogen and oxygen atoms in total. The van der Waals surface area contributed by atoms with E-state index in [0.717, 1.165) is 18.0 Å². The Bertz CT molecular complexity index is 596. The maximum Gasteiger partial charge on any atom is 0.203 e. The van der Waals surface area contributed by atoms with Crippen molar-refractivity contribution >= 4 is 11.5 Å². The number of hydrogen-bond acceptors (Lipinski definition) is 5. The van der Waals surface area contributed by atoms with E-state index in [2.05, 4.69) is 32.3 Å². The van der Waals surface area contributed by atoms with Crippen LogP contribution in [-0.2, 0) is 0 Å². The fourth-order valence-electron chi connectivity index (χ4n) is 3.81. The lowest BCUT2D eigenvalue weighted by Gasteiger charge is -2.37. The van der Waals surface area contributed by atoms with E-state index in [0.29, 0.717) is 18.1 Å². The SMILES string of the molecule is CCN(c1nccn2cnnc12)C1CC2CCC(C1)N2. The third kappa shape index (κ3) is 1.86. The fraction of sp³-hybridized carbons (Fsp3) is 0.643. The highest BCUT2D eigenvalue weighted by Gasteiger charge is 2.36. The summed E-state index contributed by atoms with van der Waals surface area (Å²) in [5, 5.41) is 11.9. The van der Waals surface area contributed by atoms with Crippen LogP contribution in [0, 0.1) is 0 Å². The van der Waals surface area contributed by atoms with Gasteiger partial charge in [-0.2, -0.15) is 0 Å². The number of nitrogens with zero attached hydrogens (tertiary/aromatic N) is 5. The standard InChI is InChI=1S/C14H20N6/c1-2-20(12-7-10-3-4-11(8-12)17-10)13-14-18-16-9-19(14)6-5-15-13/h5-6,9-12,17H,2-4,7-8H2,1H3. The molecule has 0 aliphatic carbocycles. The van der Waals surface area contributed by atoms with Crippen LogP contribution < -0.4 is 10.2 Å². The lowest BCUT2D eigenvalue weighted by Crippen LogP contribution is -2.48. The number of rotatable bonds is 3. The number of fused-ring (bicyclic) bond motifs is 3. The average molecular weight is 272 g/mol. The zero-order valence-electron chi connectivity index (χ0n) is 11.7. The number of piperidine rings is 1. The summed E-state index contributed by atoms with van der Waals surface area (Å²) in [6, 6.07) is 1.94. The molecule has 2 atom stereocenters. The number of hydrogen-bond donors (Lipinski definition) is 1. The first-order valence-electron chi connectivity index (χ1n) is 7.52. The number of anilines is 1. The van der Waals surface area contributed by atoms with Gasteiger partial charge in [0.25, 0.3) is 0 Å². The second-order valence-electron chi connectivity index (χ2n) is 5.86. The molecule has 0 aromatic carbocycles. The van der Waals surface area contributed by atoms with Crippen molar-refractivity contribution in [1.29, 1.82) is 0 Å². The topological polar surface area (TPSA) is 58.4 Å². The lowest BCUT2D eigenvalue weighted by atomic mass is 9.98.